The zero-order valence-electron chi connectivity index (χ0n) is 14.9. The van der Waals surface area contributed by atoms with Crippen molar-refractivity contribution in [2.75, 3.05) is 11.5 Å². The molecule has 10 heteroatoms. The highest BCUT2D eigenvalue weighted by Crippen LogP contribution is 2.34. The number of benzene rings is 2. The second-order valence-electron chi connectivity index (χ2n) is 6.45. The number of ether oxygens (including phenoxy) is 1. The van der Waals surface area contributed by atoms with Gasteiger partial charge in [-0.3, -0.25) is 9.59 Å². The van der Waals surface area contributed by atoms with Crippen molar-refractivity contribution in [2.24, 2.45) is 10.9 Å². The van der Waals surface area contributed by atoms with E-state index in [9.17, 15) is 18.0 Å². The summed E-state index contributed by atoms with van der Waals surface area (Å²) in [7, 11) is -3.83. The molecule has 1 aliphatic heterocycles. The average Bonchev–Trinajstić information content (AvgIpc) is 2.94. The minimum Gasteiger partial charge on any atom is -0.483 e. The summed E-state index contributed by atoms with van der Waals surface area (Å²) in [6.07, 6.45) is 0.484. The first-order chi connectivity index (χ1) is 13.1. The smallest absolute Gasteiger partial charge is 0.265 e. The molecule has 3 rings (SSSR count). The molecule has 0 radical (unpaired) electrons. The number of fused-ring (bicyclic) bond motifs is 1. The Hall–Kier alpha value is -2.62. The summed E-state index contributed by atoms with van der Waals surface area (Å²) in [5, 5.41) is 5.49. The van der Waals surface area contributed by atoms with Gasteiger partial charge in [0.2, 0.25) is 10.0 Å². The van der Waals surface area contributed by atoms with Gasteiger partial charge in [0.15, 0.2) is 6.61 Å². The summed E-state index contributed by atoms with van der Waals surface area (Å²) in [5.41, 5.74) is 6.69. The van der Waals surface area contributed by atoms with Crippen LogP contribution in [0.15, 0.2) is 41.3 Å². The van der Waals surface area contributed by atoms with E-state index in [0.717, 1.165) is 0 Å². The van der Waals surface area contributed by atoms with E-state index < -0.39 is 15.9 Å². The van der Waals surface area contributed by atoms with Crippen molar-refractivity contribution in [2.45, 2.75) is 24.3 Å². The van der Waals surface area contributed by atoms with Crippen LogP contribution >= 0.6 is 11.6 Å². The number of nitrogens with zero attached hydrogens (tertiary/aromatic N) is 1. The van der Waals surface area contributed by atoms with E-state index in [4.69, 9.17) is 27.2 Å². The number of rotatable bonds is 5. The van der Waals surface area contributed by atoms with Crippen LogP contribution in [-0.2, 0) is 21.2 Å². The highest BCUT2D eigenvalue weighted by atomic mass is 35.5. The molecular formula is C18H18ClN3O5S. The second-order valence-corrected chi connectivity index (χ2v) is 8.44. The number of primary amides is 1. The molecule has 4 N–H and O–H groups in total. The van der Waals surface area contributed by atoms with E-state index in [-0.39, 0.29) is 34.8 Å². The minimum atomic E-state index is -3.83. The van der Waals surface area contributed by atoms with Gasteiger partial charge in [-0.1, -0.05) is 11.6 Å². The van der Waals surface area contributed by atoms with E-state index in [1.54, 1.807) is 6.07 Å². The van der Waals surface area contributed by atoms with Crippen LogP contribution in [0.5, 0.6) is 5.75 Å². The highest BCUT2D eigenvalue weighted by molar-refractivity contribution is 7.89. The highest BCUT2D eigenvalue weighted by Gasteiger charge is 2.32. The summed E-state index contributed by atoms with van der Waals surface area (Å²) < 4.78 is 28.6. The lowest BCUT2D eigenvalue weighted by Crippen LogP contribution is -2.39. The van der Waals surface area contributed by atoms with Gasteiger partial charge in [-0.25, -0.2) is 13.6 Å². The first kappa shape index (κ1) is 20.1. The summed E-state index contributed by atoms with van der Waals surface area (Å²) in [4.78, 5) is 25.8. The number of carbonyl (C=O) groups excluding carboxylic acids is 2. The van der Waals surface area contributed by atoms with Gasteiger partial charge in [0.05, 0.1) is 10.5 Å². The molecule has 0 saturated heterocycles. The Kier molecular flexibility index (Phi) is 5.33. The van der Waals surface area contributed by atoms with E-state index in [1.165, 1.54) is 35.2 Å². The van der Waals surface area contributed by atoms with Gasteiger partial charge in [-0.05, 0) is 55.3 Å². The predicted octanol–water partition coefficient (Wildman–Crippen LogP) is 1.44. The molecule has 0 fully saturated rings. The van der Waals surface area contributed by atoms with Crippen LogP contribution < -0.4 is 20.5 Å². The maximum absolute atomic E-state index is 12.7. The minimum absolute atomic E-state index is 0.00346. The number of hydrogen-bond acceptors (Lipinski definition) is 5. The Bertz CT molecular complexity index is 1070. The molecule has 1 atom stereocenters. The van der Waals surface area contributed by atoms with Crippen LogP contribution in [-0.4, -0.2) is 32.9 Å². The molecule has 1 aliphatic rings. The number of hydrogen-bond donors (Lipinski definition) is 2. The van der Waals surface area contributed by atoms with Crippen molar-refractivity contribution in [1.82, 2.24) is 0 Å². The topological polar surface area (TPSA) is 133 Å². The van der Waals surface area contributed by atoms with Gasteiger partial charge in [-0.2, -0.15) is 0 Å². The number of primary sulfonamides is 1. The summed E-state index contributed by atoms with van der Waals surface area (Å²) in [6, 6.07) is 8.55. The third-order valence-corrected chi connectivity index (χ3v) is 5.57. The molecule has 2 aromatic carbocycles. The lowest BCUT2D eigenvalue weighted by atomic mass is 10.1. The van der Waals surface area contributed by atoms with Crippen molar-refractivity contribution < 1.29 is 22.7 Å². The molecule has 8 nitrogen and oxygen atoms in total. The Balaban J connectivity index is 1.81. The molecule has 0 spiro atoms. The number of anilines is 1. The Labute approximate surface area is 167 Å². The summed E-state index contributed by atoms with van der Waals surface area (Å²) in [6.45, 7) is 1.51. The van der Waals surface area contributed by atoms with Crippen LogP contribution in [0.25, 0.3) is 0 Å². The Morgan fingerprint density at radius 2 is 1.96 bits per heavy atom. The Morgan fingerprint density at radius 1 is 1.25 bits per heavy atom. The first-order valence-corrected chi connectivity index (χ1v) is 10.2. The van der Waals surface area contributed by atoms with E-state index in [1.807, 2.05) is 6.92 Å². The monoisotopic (exact) mass is 423 g/mol. The third-order valence-electron chi connectivity index (χ3n) is 4.42. The van der Waals surface area contributed by atoms with Gasteiger partial charge in [-0.15, -0.1) is 0 Å². The lowest BCUT2D eigenvalue weighted by molar-refractivity contribution is -0.120. The van der Waals surface area contributed by atoms with Crippen molar-refractivity contribution >= 4 is 39.1 Å². The van der Waals surface area contributed by atoms with Gasteiger partial charge in [0.25, 0.3) is 11.8 Å². The lowest BCUT2D eigenvalue weighted by Gasteiger charge is -2.23. The molecule has 0 bridgehead atoms. The van der Waals surface area contributed by atoms with Gasteiger partial charge in [0, 0.05) is 16.8 Å². The standard InChI is InChI=1S/C18H18ClN3O5S/c1-10-6-11-7-13(28(21,25)26)3-4-15(11)22(10)17(23)9-27-16-5-2-12(19)8-14(16)18(20)24/h2-5,7-8,10H,6,9H2,1H3,(H2,20,24)(H2,21,25,26)/t10-/m1/s1. The third kappa shape index (κ3) is 3.96. The van der Waals surface area contributed by atoms with E-state index >= 15 is 0 Å². The van der Waals surface area contributed by atoms with Gasteiger partial charge < -0.3 is 15.4 Å². The molecular weight excluding hydrogens is 406 g/mol. The fraction of sp³-hybridized carbons (Fsp3) is 0.222. The molecule has 28 heavy (non-hydrogen) atoms. The van der Waals surface area contributed by atoms with E-state index in [0.29, 0.717) is 22.7 Å². The Morgan fingerprint density at radius 3 is 2.61 bits per heavy atom. The molecule has 0 aliphatic carbocycles. The molecule has 1 heterocycles. The van der Waals surface area contributed by atoms with Gasteiger partial charge in [0.1, 0.15) is 5.75 Å². The van der Waals surface area contributed by atoms with E-state index in [2.05, 4.69) is 0 Å². The zero-order chi connectivity index (χ0) is 20.6. The largest absolute Gasteiger partial charge is 0.483 e. The number of sulfonamides is 1. The van der Waals surface area contributed by atoms with Crippen LogP contribution in [0.4, 0.5) is 5.69 Å². The SMILES string of the molecule is C[C@@H]1Cc2cc(S(N)(=O)=O)ccc2N1C(=O)COc1ccc(Cl)cc1C(N)=O. The molecule has 0 unspecified atom stereocenters. The fourth-order valence-corrected chi connectivity index (χ4v) is 3.93. The number of amides is 2. The molecule has 0 aromatic heterocycles. The maximum Gasteiger partial charge on any atom is 0.265 e. The number of nitrogens with two attached hydrogens (primary N) is 2. The number of carbonyl (C=O) groups is 2. The summed E-state index contributed by atoms with van der Waals surface area (Å²) >= 11 is 5.86. The zero-order valence-corrected chi connectivity index (χ0v) is 16.5. The predicted molar refractivity (Wildman–Crippen MR) is 104 cm³/mol. The van der Waals surface area contributed by atoms with Crippen molar-refractivity contribution in [1.29, 1.82) is 0 Å². The van der Waals surface area contributed by atoms with Crippen LogP contribution in [0.3, 0.4) is 0 Å². The molecule has 0 saturated carbocycles. The molecule has 148 valence electrons. The van der Waals surface area contributed by atoms with Crippen molar-refractivity contribution in [3.63, 3.8) is 0 Å². The normalized spacial score (nSPS) is 16.0. The van der Waals surface area contributed by atoms with Crippen LogP contribution in [0, 0.1) is 0 Å². The fourth-order valence-electron chi connectivity index (χ4n) is 3.19. The van der Waals surface area contributed by atoms with Crippen molar-refractivity contribution in [3.8, 4) is 5.75 Å². The molecule has 2 amide bonds. The second kappa shape index (κ2) is 7.42. The average molecular weight is 424 g/mol. The van der Waals surface area contributed by atoms with Gasteiger partial charge >= 0.3 is 0 Å². The molecule has 2 aromatic rings. The first-order valence-electron chi connectivity index (χ1n) is 8.28. The summed E-state index contributed by atoms with van der Waals surface area (Å²) in [5.74, 6) is -0.915. The quantitative estimate of drug-likeness (QED) is 0.750. The van der Waals surface area contributed by atoms with Crippen molar-refractivity contribution in [3.05, 3.63) is 52.5 Å². The van der Waals surface area contributed by atoms with Crippen LogP contribution in [0.1, 0.15) is 22.8 Å². The van der Waals surface area contributed by atoms with Crippen LogP contribution in [0.2, 0.25) is 5.02 Å². The maximum atomic E-state index is 12.7. The number of halogens is 1.